The van der Waals surface area contributed by atoms with Crippen LogP contribution in [0.2, 0.25) is 5.02 Å². The zero-order valence-electron chi connectivity index (χ0n) is 17.4. The van der Waals surface area contributed by atoms with Crippen LogP contribution in [-0.2, 0) is 0 Å². The third kappa shape index (κ3) is 3.62. The first kappa shape index (κ1) is 20.2. The average Bonchev–Trinajstić information content (AvgIpc) is 3.42. The molecule has 0 N–H and O–H groups in total. The quantitative estimate of drug-likeness (QED) is 0.414. The third-order valence-electron chi connectivity index (χ3n) is 5.54. The van der Waals surface area contributed by atoms with Crippen LogP contribution >= 0.6 is 22.9 Å². The number of halogens is 1. The molecule has 1 saturated heterocycles. The van der Waals surface area contributed by atoms with E-state index >= 15 is 0 Å². The minimum absolute atomic E-state index is 0.0958. The smallest absolute Gasteiger partial charge is 0.289 e. The minimum atomic E-state index is -0.0958. The number of aryl methyl sites for hydroxylation is 1. The molecule has 0 bridgehead atoms. The third-order valence-corrected chi connectivity index (χ3v) is 7.12. The van der Waals surface area contributed by atoms with E-state index < -0.39 is 0 Å². The zero-order chi connectivity index (χ0) is 21.5. The molecule has 3 heterocycles. The molecule has 0 saturated carbocycles. The summed E-state index contributed by atoms with van der Waals surface area (Å²) in [6.07, 6.45) is 0. The topological polar surface area (TPSA) is 58.8 Å². The second-order valence-electron chi connectivity index (χ2n) is 7.54. The summed E-state index contributed by atoms with van der Waals surface area (Å²) in [6, 6.07) is 11.4. The van der Waals surface area contributed by atoms with E-state index in [1.54, 1.807) is 17.4 Å². The summed E-state index contributed by atoms with van der Waals surface area (Å²) in [6.45, 7) is 7.16. The maximum Gasteiger partial charge on any atom is 0.289 e. The summed E-state index contributed by atoms with van der Waals surface area (Å²) >= 11 is 7.96. The fourth-order valence-electron chi connectivity index (χ4n) is 3.89. The molecule has 0 unspecified atom stereocenters. The Labute approximate surface area is 189 Å². The van der Waals surface area contributed by atoms with Gasteiger partial charge in [0.05, 0.1) is 21.8 Å². The van der Waals surface area contributed by atoms with E-state index in [9.17, 15) is 4.79 Å². The fraction of sp³-hybridized carbons (Fsp3) is 0.304. The highest BCUT2D eigenvalue weighted by atomic mass is 35.5. The van der Waals surface area contributed by atoms with Crippen LogP contribution in [-0.4, -0.2) is 48.6 Å². The van der Waals surface area contributed by atoms with Gasteiger partial charge in [0.15, 0.2) is 22.2 Å². The Morgan fingerprint density at radius 1 is 1.23 bits per heavy atom. The van der Waals surface area contributed by atoms with Crippen molar-refractivity contribution in [3.63, 3.8) is 0 Å². The lowest BCUT2D eigenvalue weighted by molar-refractivity contribution is 0.0717. The Kier molecular flexibility index (Phi) is 5.24. The van der Waals surface area contributed by atoms with Gasteiger partial charge in [-0.25, -0.2) is 4.98 Å². The summed E-state index contributed by atoms with van der Waals surface area (Å²) in [5.74, 6) is 0.910. The highest BCUT2D eigenvalue weighted by molar-refractivity contribution is 7.22. The molecule has 31 heavy (non-hydrogen) atoms. The number of ether oxygens (including phenoxy) is 1. The number of amides is 1. The van der Waals surface area contributed by atoms with Crippen molar-refractivity contribution in [3.8, 4) is 5.75 Å². The maximum atomic E-state index is 13.1. The number of furan rings is 1. The van der Waals surface area contributed by atoms with Crippen molar-refractivity contribution in [2.24, 2.45) is 0 Å². The fourth-order valence-corrected chi connectivity index (χ4v) is 5.26. The lowest BCUT2D eigenvalue weighted by atomic mass is 10.2. The van der Waals surface area contributed by atoms with Crippen molar-refractivity contribution < 1.29 is 13.9 Å². The Bertz CT molecular complexity index is 1240. The number of benzene rings is 2. The van der Waals surface area contributed by atoms with Crippen molar-refractivity contribution in [2.45, 2.75) is 13.8 Å². The van der Waals surface area contributed by atoms with Crippen LogP contribution in [0.5, 0.6) is 5.75 Å². The van der Waals surface area contributed by atoms with Crippen molar-refractivity contribution in [3.05, 3.63) is 52.7 Å². The Morgan fingerprint density at radius 3 is 2.77 bits per heavy atom. The summed E-state index contributed by atoms with van der Waals surface area (Å²) in [5.41, 5.74) is 2.69. The van der Waals surface area contributed by atoms with Crippen LogP contribution in [0.3, 0.4) is 0 Å². The molecule has 2 aromatic heterocycles. The number of thiazole rings is 1. The summed E-state index contributed by atoms with van der Waals surface area (Å²) < 4.78 is 12.5. The van der Waals surface area contributed by atoms with Gasteiger partial charge < -0.3 is 19.0 Å². The molecule has 5 rings (SSSR count). The van der Waals surface area contributed by atoms with E-state index in [-0.39, 0.29) is 5.91 Å². The number of nitrogens with zero attached hydrogens (tertiary/aromatic N) is 3. The average molecular weight is 456 g/mol. The van der Waals surface area contributed by atoms with Gasteiger partial charge in [-0.2, -0.15) is 0 Å². The second-order valence-corrected chi connectivity index (χ2v) is 8.92. The first-order chi connectivity index (χ1) is 15.0. The zero-order valence-corrected chi connectivity index (χ0v) is 18.9. The lowest BCUT2D eigenvalue weighted by Gasteiger charge is -2.34. The van der Waals surface area contributed by atoms with Crippen molar-refractivity contribution in [1.82, 2.24) is 9.88 Å². The second kappa shape index (κ2) is 8.05. The molecule has 1 amide bonds. The van der Waals surface area contributed by atoms with E-state index in [1.807, 2.05) is 49.1 Å². The number of hydrogen-bond donors (Lipinski definition) is 0. The number of anilines is 1. The van der Waals surface area contributed by atoms with Crippen LogP contribution in [0.1, 0.15) is 23.0 Å². The molecule has 0 aliphatic carbocycles. The van der Waals surface area contributed by atoms with Gasteiger partial charge in [0.25, 0.3) is 5.91 Å². The molecule has 4 aromatic rings. The van der Waals surface area contributed by atoms with Crippen molar-refractivity contribution in [2.75, 3.05) is 37.7 Å². The van der Waals surface area contributed by atoms with Gasteiger partial charge in [0.1, 0.15) is 0 Å². The minimum Gasteiger partial charge on any atom is -0.490 e. The van der Waals surface area contributed by atoms with Gasteiger partial charge in [-0.1, -0.05) is 41.1 Å². The number of carbonyl (C=O) groups is 1. The van der Waals surface area contributed by atoms with E-state index in [0.29, 0.717) is 49.9 Å². The Balaban J connectivity index is 1.32. The van der Waals surface area contributed by atoms with Gasteiger partial charge >= 0.3 is 0 Å². The highest BCUT2D eigenvalue weighted by Gasteiger charge is 2.26. The maximum absolute atomic E-state index is 13.1. The molecule has 0 spiro atoms. The number of rotatable bonds is 4. The van der Waals surface area contributed by atoms with Crippen LogP contribution in [0, 0.1) is 6.92 Å². The Morgan fingerprint density at radius 2 is 2.03 bits per heavy atom. The van der Waals surface area contributed by atoms with Gasteiger partial charge in [-0.3, -0.25) is 4.79 Å². The molecule has 8 heteroatoms. The van der Waals surface area contributed by atoms with Crippen molar-refractivity contribution >= 4 is 55.2 Å². The number of piperazine rings is 1. The van der Waals surface area contributed by atoms with Gasteiger partial charge in [-0.15, -0.1) is 0 Å². The molecule has 0 atom stereocenters. The number of hydrogen-bond acceptors (Lipinski definition) is 6. The summed E-state index contributed by atoms with van der Waals surface area (Å²) in [7, 11) is 0. The number of fused-ring (bicyclic) bond motifs is 2. The normalized spacial score (nSPS) is 14.5. The standard InChI is InChI=1S/C23H22ClN3O3S/c1-3-29-17-6-4-5-15-13-18(30-20(15)17)22(28)26-9-11-27(12-10-26)23-25-19-14(2)7-8-16(24)21(19)31-23/h4-8,13H,3,9-12H2,1-2H3. The monoisotopic (exact) mass is 455 g/mol. The largest absolute Gasteiger partial charge is 0.490 e. The highest BCUT2D eigenvalue weighted by Crippen LogP contribution is 2.36. The molecular formula is C23H22ClN3O3S. The van der Waals surface area contributed by atoms with Crippen LogP contribution in [0.15, 0.2) is 40.8 Å². The van der Waals surface area contributed by atoms with Crippen LogP contribution in [0.4, 0.5) is 5.13 Å². The Hall–Kier alpha value is -2.77. The van der Waals surface area contributed by atoms with E-state index in [0.717, 1.165) is 31.3 Å². The molecule has 0 radical (unpaired) electrons. The summed E-state index contributed by atoms with van der Waals surface area (Å²) in [5, 5.41) is 2.55. The van der Waals surface area contributed by atoms with Crippen LogP contribution < -0.4 is 9.64 Å². The van der Waals surface area contributed by atoms with Crippen molar-refractivity contribution in [1.29, 1.82) is 0 Å². The first-order valence-corrected chi connectivity index (χ1v) is 11.5. The predicted molar refractivity (Wildman–Crippen MR) is 125 cm³/mol. The number of para-hydroxylation sites is 1. The lowest BCUT2D eigenvalue weighted by Crippen LogP contribution is -2.48. The summed E-state index contributed by atoms with van der Waals surface area (Å²) in [4.78, 5) is 21.9. The first-order valence-electron chi connectivity index (χ1n) is 10.3. The molecule has 1 aliphatic heterocycles. The van der Waals surface area contributed by atoms with E-state index in [4.69, 9.17) is 25.7 Å². The van der Waals surface area contributed by atoms with E-state index in [2.05, 4.69) is 4.90 Å². The molecule has 1 fully saturated rings. The molecule has 1 aliphatic rings. The molecule has 6 nitrogen and oxygen atoms in total. The van der Waals surface area contributed by atoms with Gasteiger partial charge in [0, 0.05) is 31.6 Å². The van der Waals surface area contributed by atoms with Gasteiger partial charge in [0.2, 0.25) is 0 Å². The predicted octanol–water partition coefficient (Wildman–Crippen LogP) is 5.37. The number of aromatic nitrogens is 1. The molecular weight excluding hydrogens is 434 g/mol. The van der Waals surface area contributed by atoms with Gasteiger partial charge in [-0.05, 0) is 37.6 Å². The number of carbonyl (C=O) groups excluding carboxylic acids is 1. The SMILES string of the molecule is CCOc1cccc2cc(C(=O)N3CCN(c4nc5c(C)ccc(Cl)c5s4)CC3)oc12. The van der Waals surface area contributed by atoms with E-state index in [1.165, 1.54) is 0 Å². The van der Waals surface area contributed by atoms with Crippen LogP contribution in [0.25, 0.3) is 21.2 Å². The molecule has 160 valence electrons. The molecule has 2 aromatic carbocycles.